The second-order valence-electron chi connectivity index (χ2n) is 8.74. The van der Waals surface area contributed by atoms with Crippen LogP contribution >= 0.6 is 0 Å². The van der Waals surface area contributed by atoms with Gasteiger partial charge in [-0.05, 0) is 50.7 Å². The van der Waals surface area contributed by atoms with Gasteiger partial charge in [-0.1, -0.05) is 98.8 Å². The SMILES string of the molecule is CCCN(CCCCCCCC(C)C)CCCCCCCC(C)C. The molecule has 0 fully saturated rings. The number of rotatable bonds is 18. The highest BCUT2D eigenvalue weighted by atomic mass is 15.1. The van der Waals surface area contributed by atoms with Crippen LogP contribution < -0.4 is 0 Å². The third-order valence-electron chi connectivity index (χ3n) is 5.05. The molecule has 0 spiro atoms. The summed E-state index contributed by atoms with van der Waals surface area (Å²) in [6.07, 6.45) is 18.5. The van der Waals surface area contributed by atoms with E-state index in [1.54, 1.807) is 0 Å². The lowest BCUT2D eigenvalue weighted by Gasteiger charge is -2.21. The number of hydrogen-bond acceptors (Lipinski definition) is 1. The molecule has 24 heavy (non-hydrogen) atoms. The fourth-order valence-corrected chi connectivity index (χ4v) is 3.49. The molecule has 0 aromatic carbocycles. The normalized spacial score (nSPS) is 12.0. The summed E-state index contributed by atoms with van der Waals surface area (Å²) in [5, 5.41) is 0. The molecule has 0 atom stereocenters. The van der Waals surface area contributed by atoms with Crippen LogP contribution in [0.2, 0.25) is 0 Å². The van der Waals surface area contributed by atoms with Gasteiger partial charge in [0, 0.05) is 0 Å². The van der Waals surface area contributed by atoms with E-state index in [4.69, 9.17) is 0 Å². The molecule has 0 amide bonds. The Morgan fingerprint density at radius 1 is 0.500 bits per heavy atom. The first-order valence-corrected chi connectivity index (χ1v) is 11.3. The van der Waals surface area contributed by atoms with E-state index in [9.17, 15) is 0 Å². The third-order valence-corrected chi connectivity index (χ3v) is 5.05. The highest BCUT2D eigenvalue weighted by Crippen LogP contribution is 2.13. The van der Waals surface area contributed by atoms with E-state index in [1.165, 1.54) is 103 Å². The van der Waals surface area contributed by atoms with Crippen molar-refractivity contribution in [3.8, 4) is 0 Å². The Bertz CT molecular complexity index is 212. The average Bonchev–Trinajstić information content (AvgIpc) is 2.52. The molecule has 1 heteroatoms. The van der Waals surface area contributed by atoms with Gasteiger partial charge in [0.15, 0.2) is 0 Å². The minimum Gasteiger partial charge on any atom is -0.303 e. The lowest BCUT2D eigenvalue weighted by atomic mass is 10.0. The van der Waals surface area contributed by atoms with Crippen LogP contribution in [-0.4, -0.2) is 24.5 Å². The molecule has 0 aromatic rings. The predicted octanol–water partition coefficient (Wildman–Crippen LogP) is 7.69. The molecule has 0 aromatic heterocycles. The van der Waals surface area contributed by atoms with Crippen LogP contribution in [0.4, 0.5) is 0 Å². The molecule has 0 N–H and O–H groups in total. The van der Waals surface area contributed by atoms with E-state index >= 15 is 0 Å². The first-order valence-electron chi connectivity index (χ1n) is 11.3. The summed E-state index contributed by atoms with van der Waals surface area (Å²) in [6.45, 7) is 15.7. The van der Waals surface area contributed by atoms with E-state index in [0.717, 1.165) is 11.8 Å². The maximum Gasteiger partial charge on any atom is -0.00187 e. The zero-order valence-corrected chi connectivity index (χ0v) is 17.9. The summed E-state index contributed by atoms with van der Waals surface area (Å²) in [7, 11) is 0. The van der Waals surface area contributed by atoms with E-state index in [0.29, 0.717) is 0 Å². The molecule has 0 aliphatic rings. The van der Waals surface area contributed by atoms with Crippen molar-refractivity contribution in [2.24, 2.45) is 11.8 Å². The Kier molecular flexibility index (Phi) is 17.7. The standard InChI is InChI=1S/C23H49N/c1-6-19-24(20-15-11-7-9-13-17-22(2)3)21-16-12-8-10-14-18-23(4)5/h22-23H,6-21H2,1-5H3. The highest BCUT2D eigenvalue weighted by molar-refractivity contribution is 4.59. The van der Waals surface area contributed by atoms with Crippen molar-refractivity contribution in [2.75, 3.05) is 19.6 Å². The first kappa shape index (κ1) is 24.0. The summed E-state index contributed by atoms with van der Waals surface area (Å²) in [5.41, 5.74) is 0. The van der Waals surface area contributed by atoms with Crippen LogP contribution in [-0.2, 0) is 0 Å². The summed E-state index contributed by atoms with van der Waals surface area (Å²) in [4.78, 5) is 2.72. The van der Waals surface area contributed by atoms with Gasteiger partial charge in [0.2, 0.25) is 0 Å². The third kappa shape index (κ3) is 18.3. The minimum atomic E-state index is 0.885. The van der Waals surface area contributed by atoms with Crippen LogP contribution in [0.3, 0.4) is 0 Å². The Labute approximate surface area is 155 Å². The molecule has 0 radical (unpaired) electrons. The molecule has 0 saturated heterocycles. The Hall–Kier alpha value is -0.0400. The van der Waals surface area contributed by atoms with Gasteiger partial charge in [-0.15, -0.1) is 0 Å². The largest absolute Gasteiger partial charge is 0.303 e. The zero-order chi connectivity index (χ0) is 18.0. The van der Waals surface area contributed by atoms with Gasteiger partial charge in [0.05, 0.1) is 0 Å². The van der Waals surface area contributed by atoms with Crippen LogP contribution in [0.15, 0.2) is 0 Å². The van der Waals surface area contributed by atoms with Crippen molar-refractivity contribution >= 4 is 0 Å². The molecule has 0 aliphatic carbocycles. The van der Waals surface area contributed by atoms with E-state index < -0.39 is 0 Å². The lowest BCUT2D eigenvalue weighted by molar-refractivity contribution is 0.260. The van der Waals surface area contributed by atoms with Crippen LogP contribution in [0.1, 0.15) is 118 Å². The van der Waals surface area contributed by atoms with Gasteiger partial charge < -0.3 is 4.90 Å². The van der Waals surface area contributed by atoms with Crippen molar-refractivity contribution in [3.05, 3.63) is 0 Å². The molecule has 146 valence electrons. The Morgan fingerprint density at radius 2 is 0.875 bits per heavy atom. The maximum absolute atomic E-state index is 2.72. The highest BCUT2D eigenvalue weighted by Gasteiger charge is 2.04. The maximum atomic E-state index is 2.72. The predicted molar refractivity (Wildman–Crippen MR) is 112 cm³/mol. The molecule has 0 aliphatic heterocycles. The van der Waals surface area contributed by atoms with Crippen LogP contribution in [0.5, 0.6) is 0 Å². The number of unbranched alkanes of at least 4 members (excludes halogenated alkanes) is 8. The van der Waals surface area contributed by atoms with E-state index in [1.807, 2.05) is 0 Å². The molecular formula is C23H49N. The van der Waals surface area contributed by atoms with E-state index in [-0.39, 0.29) is 0 Å². The second-order valence-corrected chi connectivity index (χ2v) is 8.74. The summed E-state index contributed by atoms with van der Waals surface area (Å²) >= 11 is 0. The van der Waals surface area contributed by atoms with Gasteiger partial charge in [0.25, 0.3) is 0 Å². The van der Waals surface area contributed by atoms with Crippen molar-refractivity contribution in [1.82, 2.24) is 4.90 Å². The Balaban J connectivity index is 3.49. The monoisotopic (exact) mass is 339 g/mol. The van der Waals surface area contributed by atoms with Gasteiger partial charge in [-0.2, -0.15) is 0 Å². The smallest absolute Gasteiger partial charge is 0.00187 e. The van der Waals surface area contributed by atoms with E-state index in [2.05, 4.69) is 39.5 Å². The second kappa shape index (κ2) is 17.8. The van der Waals surface area contributed by atoms with Gasteiger partial charge in [0.1, 0.15) is 0 Å². The fraction of sp³-hybridized carbons (Fsp3) is 1.00. The molecular weight excluding hydrogens is 290 g/mol. The fourth-order valence-electron chi connectivity index (χ4n) is 3.49. The van der Waals surface area contributed by atoms with Crippen molar-refractivity contribution < 1.29 is 0 Å². The van der Waals surface area contributed by atoms with Crippen molar-refractivity contribution in [1.29, 1.82) is 0 Å². The van der Waals surface area contributed by atoms with Gasteiger partial charge in [-0.25, -0.2) is 0 Å². The molecule has 0 unspecified atom stereocenters. The molecule has 0 heterocycles. The van der Waals surface area contributed by atoms with Crippen molar-refractivity contribution in [3.63, 3.8) is 0 Å². The molecule has 0 bridgehead atoms. The Morgan fingerprint density at radius 3 is 1.25 bits per heavy atom. The minimum absolute atomic E-state index is 0.885. The summed E-state index contributed by atoms with van der Waals surface area (Å²) < 4.78 is 0. The quantitative estimate of drug-likeness (QED) is 0.231. The summed E-state index contributed by atoms with van der Waals surface area (Å²) in [5.74, 6) is 1.77. The summed E-state index contributed by atoms with van der Waals surface area (Å²) in [6, 6.07) is 0. The van der Waals surface area contributed by atoms with Crippen LogP contribution in [0, 0.1) is 11.8 Å². The number of hydrogen-bond donors (Lipinski definition) is 0. The van der Waals surface area contributed by atoms with Crippen LogP contribution in [0.25, 0.3) is 0 Å². The molecule has 0 saturated carbocycles. The molecule has 1 nitrogen and oxygen atoms in total. The average molecular weight is 340 g/mol. The molecule has 0 rings (SSSR count). The lowest BCUT2D eigenvalue weighted by Crippen LogP contribution is -2.27. The van der Waals surface area contributed by atoms with Gasteiger partial charge in [-0.3, -0.25) is 0 Å². The topological polar surface area (TPSA) is 3.24 Å². The van der Waals surface area contributed by atoms with Gasteiger partial charge >= 0.3 is 0 Å². The first-order chi connectivity index (χ1) is 11.6. The van der Waals surface area contributed by atoms with Crippen molar-refractivity contribution in [2.45, 2.75) is 118 Å². The zero-order valence-electron chi connectivity index (χ0n) is 17.9. The number of nitrogens with zero attached hydrogens (tertiary/aromatic N) is 1.